The molecule has 0 aliphatic rings. The maximum Gasteiger partial charge on any atom is 0.161 e. The van der Waals surface area contributed by atoms with Crippen LogP contribution >= 0.6 is 0 Å². The van der Waals surface area contributed by atoms with E-state index in [4.69, 9.17) is 19.2 Å². The highest BCUT2D eigenvalue weighted by Crippen LogP contribution is 2.33. The summed E-state index contributed by atoms with van der Waals surface area (Å²) in [6.45, 7) is 7.21. The minimum absolute atomic E-state index is 0.497. The number of aromatic amines is 1. The van der Waals surface area contributed by atoms with Gasteiger partial charge in [-0.3, -0.25) is 0 Å². The van der Waals surface area contributed by atoms with Crippen molar-refractivity contribution in [2.75, 3.05) is 13.7 Å². The molecule has 0 saturated heterocycles. The van der Waals surface area contributed by atoms with Gasteiger partial charge in [-0.1, -0.05) is 23.8 Å². The molecule has 0 aliphatic carbocycles. The van der Waals surface area contributed by atoms with Crippen LogP contribution in [0, 0.1) is 13.8 Å². The minimum atomic E-state index is 0.497. The number of benzene rings is 3. The van der Waals surface area contributed by atoms with Crippen LogP contribution in [0.25, 0.3) is 22.4 Å². The van der Waals surface area contributed by atoms with Crippen molar-refractivity contribution in [1.29, 1.82) is 0 Å². The first-order valence-corrected chi connectivity index (χ1v) is 10.1. The van der Waals surface area contributed by atoms with Crippen LogP contribution in [0.15, 0.2) is 54.6 Å². The van der Waals surface area contributed by atoms with Gasteiger partial charge in [0.05, 0.1) is 24.8 Å². The maximum atomic E-state index is 6.12. The Labute approximate surface area is 176 Å². The molecule has 0 atom stereocenters. The summed E-state index contributed by atoms with van der Waals surface area (Å²) in [5, 5.41) is 0. The van der Waals surface area contributed by atoms with Crippen molar-refractivity contribution in [3.05, 3.63) is 71.3 Å². The molecule has 0 aliphatic heterocycles. The zero-order valence-corrected chi connectivity index (χ0v) is 17.8. The second kappa shape index (κ2) is 8.49. The number of imidazole rings is 1. The van der Waals surface area contributed by atoms with Gasteiger partial charge in [0.2, 0.25) is 0 Å². The predicted octanol–water partition coefficient (Wildman–Crippen LogP) is 5.83. The minimum Gasteiger partial charge on any atom is -0.497 e. The van der Waals surface area contributed by atoms with Crippen LogP contribution in [-0.2, 0) is 6.61 Å². The zero-order chi connectivity index (χ0) is 21.1. The normalized spacial score (nSPS) is 10.9. The van der Waals surface area contributed by atoms with Crippen molar-refractivity contribution in [3.63, 3.8) is 0 Å². The Morgan fingerprint density at radius 2 is 1.77 bits per heavy atom. The molecule has 1 aromatic heterocycles. The average molecular weight is 402 g/mol. The number of methoxy groups -OCH3 is 1. The molecule has 0 spiro atoms. The summed E-state index contributed by atoms with van der Waals surface area (Å²) in [4.78, 5) is 8.06. The SMILES string of the molecule is CCOc1cc(-c2nc3ccc(OC)cc3[nH]2)ccc1OCc1cc(C)ccc1C. The van der Waals surface area contributed by atoms with Crippen molar-refractivity contribution in [2.24, 2.45) is 0 Å². The second-order valence-corrected chi connectivity index (χ2v) is 7.28. The highest BCUT2D eigenvalue weighted by Gasteiger charge is 2.12. The molecule has 3 aromatic carbocycles. The lowest BCUT2D eigenvalue weighted by atomic mass is 10.1. The van der Waals surface area contributed by atoms with Gasteiger partial charge >= 0.3 is 0 Å². The third-order valence-corrected chi connectivity index (χ3v) is 5.09. The molecule has 5 heteroatoms. The van der Waals surface area contributed by atoms with Crippen LogP contribution in [0.4, 0.5) is 0 Å². The largest absolute Gasteiger partial charge is 0.497 e. The first-order chi connectivity index (χ1) is 14.6. The molecule has 4 rings (SSSR count). The van der Waals surface area contributed by atoms with E-state index in [1.165, 1.54) is 16.7 Å². The second-order valence-electron chi connectivity index (χ2n) is 7.28. The molecular formula is C25H26N2O3. The fourth-order valence-corrected chi connectivity index (χ4v) is 3.41. The fraction of sp³-hybridized carbons (Fsp3) is 0.240. The molecule has 5 nitrogen and oxygen atoms in total. The summed E-state index contributed by atoms with van der Waals surface area (Å²) in [6, 6.07) is 18.1. The number of aromatic nitrogens is 2. The molecule has 0 saturated carbocycles. The van der Waals surface area contributed by atoms with Gasteiger partial charge in [-0.05, 0) is 62.2 Å². The van der Waals surface area contributed by atoms with Crippen LogP contribution in [0.1, 0.15) is 23.6 Å². The monoisotopic (exact) mass is 402 g/mol. The van der Waals surface area contributed by atoms with Crippen molar-refractivity contribution in [2.45, 2.75) is 27.4 Å². The molecule has 30 heavy (non-hydrogen) atoms. The molecule has 0 unspecified atom stereocenters. The first kappa shape index (κ1) is 19.8. The lowest BCUT2D eigenvalue weighted by Gasteiger charge is -2.14. The van der Waals surface area contributed by atoms with Gasteiger partial charge in [0.15, 0.2) is 11.5 Å². The molecule has 0 bridgehead atoms. The van der Waals surface area contributed by atoms with Gasteiger partial charge in [-0.25, -0.2) is 4.98 Å². The van der Waals surface area contributed by atoms with Crippen LogP contribution in [0.3, 0.4) is 0 Å². The molecule has 0 radical (unpaired) electrons. The number of nitrogens with zero attached hydrogens (tertiary/aromatic N) is 1. The van der Waals surface area contributed by atoms with Gasteiger partial charge in [-0.15, -0.1) is 0 Å². The number of fused-ring (bicyclic) bond motifs is 1. The topological polar surface area (TPSA) is 56.4 Å². The van der Waals surface area contributed by atoms with Crippen LogP contribution in [-0.4, -0.2) is 23.7 Å². The highest BCUT2D eigenvalue weighted by atomic mass is 16.5. The Kier molecular flexibility index (Phi) is 5.61. The number of ether oxygens (including phenoxy) is 3. The van der Waals surface area contributed by atoms with E-state index in [0.29, 0.717) is 19.0 Å². The van der Waals surface area contributed by atoms with E-state index in [-0.39, 0.29) is 0 Å². The van der Waals surface area contributed by atoms with Gasteiger partial charge in [-0.2, -0.15) is 0 Å². The van der Waals surface area contributed by atoms with Gasteiger partial charge in [0.1, 0.15) is 18.2 Å². The Morgan fingerprint density at radius 1 is 0.900 bits per heavy atom. The van der Waals surface area contributed by atoms with E-state index in [9.17, 15) is 0 Å². The number of nitrogens with one attached hydrogen (secondary N) is 1. The van der Waals surface area contributed by atoms with Gasteiger partial charge < -0.3 is 19.2 Å². The Hall–Kier alpha value is -3.47. The van der Waals surface area contributed by atoms with Crippen LogP contribution < -0.4 is 14.2 Å². The Bertz CT molecular complexity index is 1180. The third-order valence-electron chi connectivity index (χ3n) is 5.09. The number of aryl methyl sites for hydroxylation is 2. The number of rotatable bonds is 7. The van der Waals surface area contributed by atoms with E-state index in [1.54, 1.807) is 7.11 Å². The molecule has 154 valence electrons. The summed E-state index contributed by atoms with van der Waals surface area (Å²) in [6.07, 6.45) is 0. The summed E-state index contributed by atoms with van der Waals surface area (Å²) < 4.78 is 17.3. The van der Waals surface area contributed by atoms with E-state index in [0.717, 1.165) is 33.9 Å². The number of hydrogen-bond donors (Lipinski definition) is 1. The average Bonchev–Trinajstić information content (AvgIpc) is 3.18. The van der Waals surface area contributed by atoms with Crippen molar-refractivity contribution in [3.8, 4) is 28.6 Å². The molecule has 0 fully saturated rings. The summed E-state index contributed by atoms with van der Waals surface area (Å²) in [7, 11) is 1.66. The molecule has 0 amide bonds. The van der Waals surface area contributed by atoms with Crippen LogP contribution in [0.5, 0.6) is 17.2 Å². The summed E-state index contributed by atoms with van der Waals surface area (Å²) >= 11 is 0. The van der Waals surface area contributed by atoms with Gasteiger partial charge in [0, 0.05) is 11.6 Å². The van der Waals surface area contributed by atoms with E-state index in [1.807, 2.05) is 43.3 Å². The quantitative estimate of drug-likeness (QED) is 0.422. The number of hydrogen-bond acceptors (Lipinski definition) is 4. The van der Waals surface area contributed by atoms with Crippen molar-refractivity contribution in [1.82, 2.24) is 9.97 Å². The smallest absolute Gasteiger partial charge is 0.161 e. The van der Waals surface area contributed by atoms with E-state index >= 15 is 0 Å². The Morgan fingerprint density at radius 3 is 2.57 bits per heavy atom. The van der Waals surface area contributed by atoms with Crippen molar-refractivity contribution >= 4 is 11.0 Å². The maximum absolute atomic E-state index is 6.12. The highest BCUT2D eigenvalue weighted by molar-refractivity contribution is 5.81. The lowest BCUT2D eigenvalue weighted by molar-refractivity contribution is 0.269. The molecule has 1 heterocycles. The molecular weight excluding hydrogens is 376 g/mol. The van der Waals surface area contributed by atoms with E-state index < -0.39 is 0 Å². The summed E-state index contributed by atoms with van der Waals surface area (Å²) in [5.41, 5.74) is 6.37. The molecule has 4 aromatic rings. The molecule has 1 N–H and O–H groups in total. The lowest BCUT2D eigenvalue weighted by Crippen LogP contribution is -2.01. The summed E-state index contributed by atoms with van der Waals surface area (Å²) in [5.74, 6) is 3.00. The fourth-order valence-electron chi connectivity index (χ4n) is 3.41. The Balaban J connectivity index is 1.62. The van der Waals surface area contributed by atoms with Crippen LogP contribution in [0.2, 0.25) is 0 Å². The van der Waals surface area contributed by atoms with Crippen molar-refractivity contribution < 1.29 is 14.2 Å². The van der Waals surface area contributed by atoms with E-state index in [2.05, 4.69) is 37.0 Å². The zero-order valence-electron chi connectivity index (χ0n) is 17.8. The standard InChI is InChI=1S/C25H26N2O3/c1-5-29-24-13-18(25-26-21-10-9-20(28-4)14-22(21)27-25)8-11-23(24)30-15-19-12-16(2)6-7-17(19)3/h6-14H,5,15H2,1-4H3,(H,26,27). The van der Waals surface area contributed by atoms with Gasteiger partial charge in [0.25, 0.3) is 0 Å². The predicted molar refractivity (Wildman–Crippen MR) is 119 cm³/mol. The number of H-pyrrole nitrogens is 1. The first-order valence-electron chi connectivity index (χ1n) is 10.1. The third kappa shape index (κ3) is 4.10.